The molecule has 1 fully saturated rings. The van der Waals surface area contributed by atoms with Crippen LogP contribution in [0.4, 0.5) is 0 Å². The standard InChI is InChI=1S/C14H20ClN/c15-13-7-3-6-12(8-13)10-14(16)9-11-4-1-2-5-11/h3,6-8,11,14H,1-2,4-5,9-10,16H2. The van der Waals surface area contributed by atoms with Gasteiger partial charge in [0, 0.05) is 11.1 Å². The highest BCUT2D eigenvalue weighted by Crippen LogP contribution is 2.28. The molecule has 0 heterocycles. The van der Waals surface area contributed by atoms with Crippen LogP contribution in [0.2, 0.25) is 5.02 Å². The maximum absolute atomic E-state index is 6.19. The highest BCUT2D eigenvalue weighted by Gasteiger charge is 2.18. The van der Waals surface area contributed by atoms with E-state index in [1.54, 1.807) is 0 Å². The summed E-state index contributed by atoms with van der Waals surface area (Å²) in [4.78, 5) is 0. The number of rotatable bonds is 4. The van der Waals surface area contributed by atoms with Crippen LogP contribution >= 0.6 is 11.6 Å². The molecule has 0 aromatic heterocycles. The first-order valence-corrected chi connectivity index (χ1v) is 6.62. The van der Waals surface area contributed by atoms with Crippen LogP contribution < -0.4 is 5.73 Å². The molecule has 0 spiro atoms. The third kappa shape index (κ3) is 3.50. The number of hydrogen-bond donors (Lipinski definition) is 1. The minimum Gasteiger partial charge on any atom is -0.327 e. The molecule has 2 rings (SSSR count). The third-order valence-corrected chi connectivity index (χ3v) is 3.73. The van der Waals surface area contributed by atoms with Gasteiger partial charge >= 0.3 is 0 Å². The molecule has 1 aromatic rings. The molecule has 1 saturated carbocycles. The van der Waals surface area contributed by atoms with Gasteiger partial charge in [0.1, 0.15) is 0 Å². The Bertz CT molecular complexity index is 331. The maximum atomic E-state index is 6.19. The largest absolute Gasteiger partial charge is 0.327 e. The minimum atomic E-state index is 0.293. The molecule has 0 saturated heterocycles. The number of benzene rings is 1. The molecule has 1 nitrogen and oxygen atoms in total. The van der Waals surface area contributed by atoms with Gasteiger partial charge in [-0.05, 0) is 36.5 Å². The molecular weight excluding hydrogens is 218 g/mol. The monoisotopic (exact) mass is 237 g/mol. The van der Waals surface area contributed by atoms with Crippen LogP contribution in [-0.2, 0) is 6.42 Å². The highest BCUT2D eigenvalue weighted by atomic mass is 35.5. The lowest BCUT2D eigenvalue weighted by atomic mass is 9.95. The Morgan fingerprint density at radius 3 is 2.75 bits per heavy atom. The average Bonchev–Trinajstić information content (AvgIpc) is 2.70. The second kappa shape index (κ2) is 5.70. The molecule has 88 valence electrons. The summed E-state index contributed by atoms with van der Waals surface area (Å²) in [6, 6.07) is 8.34. The van der Waals surface area contributed by atoms with Gasteiger partial charge in [0.05, 0.1) is 0 Å². The van der Waals surface area contributed by atoms with Crippen LogP contribution in [0.5, 0.6) is 0 Å². The van der Waals surface area contributed by atoms with Crippen LogP contribution in [0.15, 0.2) is 24.3 Å². The van der Waals surface area contributed by atoms with E-state index in [2.05, 4.69) is 6.07 Å². The summed E-state index contributed by atoms with van der Waals surface area (Å²) in [5.74, 6) is 0.870. The lowest BCUT2D eigenvalue weighted by molar-refractivity contribution is 0.440. The van der Waals surface area contributed by atoms with Gasteiger partial charge < -0.3 is 5.73 Å². The summed E-state index contributed by atoms with van der Waals surface area (Å²) < 4.78 is 0. The Morgan fingerprint density at radius 1 is 1.31 bits per heavy atom. The smallest absolute Gasteiger partial charge is 0.0408 e. The normalized spacial score (nSPS) is 18.9. The molecular formula is C14H20ClN. The molecule has 2 heteroatoms. The van der Waals surface area contributed by atoms with E-state index in [1.165, 1.54) is 37.7 Å². The van der Waals surface area contributed by atoms with Gasteiger partial charge in [0.25, 0.3) is 0 Å². The van der Waals surface area contributed by atoms with Crippen molar-refractivity contribution in [2.75, 3.05) is 0 Å². The van der Waals surface area contributed by atoms with Crippen LogP contribution in [0, 0.1) is 5.92 Å². The van der Waals surface area contributed by atoms with E-state index in [0.29, 0.717) is 6.04 Å². The van der Waals surface area contributed by atoms with Crippen LogP contribution in [0.1, 0.15) is 37.7 Å². The van der Waals surface area contributed by atoms with Crippen molar-refractivity contribution < 1.29 is 0 Å². The number of nitrogens with two attached hydrogens (primary N) is 1. The van der Waals surface area contributed by atoms with Crippen molar-refractivity contribution in [1.82, 2.24) is 0 Å². The zero-order chi connectivity index (χ0) is 11.4. The minimum absolute atomic E-state index is 0.293. The van der Waals surface area contributed by atoms with E-state index in [0.717, 1.165) is 17.4 Å². The fourth-order valence-electron chi connectivity index (χ4n) is 2.72. The summed E-state index contributed by atoms with van der Waals surface area (Å²) in [7, 11) is 0. The first-order chi connectivity index (χ1) is 7.74. The average molecular weight is 238 g/mol. The Labute approximate surface area is 103 Å². The molecule has 1 aliphatic rings. The second-order valence-corrected chi connectivity index (χ2v) is 5.42. The zero-order valence-corrected chi connectivity index (χ0v) is 10.4. The Kier molecular flexibility index (Phi) is 4.25. The molecule has 2 N–H and O–H groups in total. The molecule has 16 heavy (non-hydrogen) atoms. The molecule has 0 bridgehead atoms. The van der Waals surface area contributed by atoms with E-state index in [9.17, 15) is 0 Å². The number of hydrogen-bond acceptors (Lipinski definition) is 1. The molecule has 0 radical (unpaired) electrons. The predicted molar refractivity (Wildman–Crippen MR) is 69.7 cm³/mol. The second-order valence-electron chi connectivity index (χ2n) is 4.98. The fourth-order valence-corrected chi connectivity index (χ4v) is 2.94. The van der Waals surface area contributed by atoms with Crippen LogP contribution in [0.3, 0.4) is 0 Å². The van der Waals surface area contributed by atoms with Crippen molar-refractivity contribution in [1.29, 1.82) is 0 Å². The zero-order valence-electron chi connectivity index (χ0n) is 9.66. The van der Waals surface area contributed by atoms with Crippen molar-refractivity contribution in [3.63, 3.8) is 0 Å². The van der Waals surface area contributed by atoms with Gasteiger partial charge in [0.15, 0.2) is 0 Å². The molecule has 1 aliphatic carbocycles. The van der Waals surface area contributed by atoms with Gasteiger partial charge in [0.2, 0.25) is 0 Å². The van der Waals surface area contributed by atoms with Crippen molar-refractivity contribution in [3.05, 3.63) is 34.9 Å². The van der Waals surface area contributed by atoms with E-state index in [1.807, 2.05) is 18.2 Å². The summed E-state index contributed by atoms with van der Waals surface area (Å²) in [6.07, 6.45) is 7.68. The summed E-state index contributed by atoms with van der Waals surface area (Å²) in [6.45, 7) is 0. The first kappa shape index (κ1) is 11.9. The van der Waals surface area contributed by atoms with E-state index in [-0.39, 0.29) is 0 Å². The van der Waals surface area contributed by atoms with Crippen molar-refractivity contribution in [2.45, 2.75) is 44.6 Å². The van der Waals surface area contributed by atoms with Gasteiger partial charge in [-0.15, -0.1) is 0 Å². The summed E-state index contributed by atoms with van der Waals surface area (Å²) >= 11 is 5.96. The topological polar surface area (TPSA) is 26.0 Å². The van der Waals surface area contributed by atoms with Gasteiger partial charge in [-0.3, -0.25) is 0 Å². The first-order valence-electron chi connectivity index (χ1n) is 6.24. The van der Waals surface area contributed by atoms with Crippen molar-refractivity contribution in [2.24, 2.45) is 11.7 Å². The van der Waals surface area contributed by atoms with Gasteiger partial charge in [-0.1, -0.05) is 49.4 Å². The number of halogens is 1. The van der Waals surface area contributed by atoms with E-state index in [4.69, 9.17) is 17.3 Å². The highest BCUT2D eigenvalue weighted by molar-refractivity contribution is 6.30. The molecule has 0 amide bonds. The summed E-state index contributed by atoms with van der Waals surface area (Å²) in [5, 5.41) is 0.811. The van der Waals surface area contributed by atoms with Crippen molar-refractivity contribution in [3.8, 4) is 0 Å². The summed E-state index contributed by atoms with van der Waals surface area (Å²) in [5.41, 5.74) is 7.45. The van der Waals surface area contributed by atoms with Crippen LogP contribution in [0.25, 0.3) is 0 Å². The molecule has 0 aliphatic heterocycles. The van der Waals surface area contributed by atoms with Gasteiger partial charge in [-0.25, -0.2) is 0 Å². The Hall–Kier alpha value is -0.530. The third-order valence-electron chi connectivity index (χ3n) is 3.50. The lowest BCUT2D eigenvalue weighted by Gasteiger charge is -2.16. The Morgan fingerprint density at radius 2 is 2.06 bits per heavy atom. The lowest BCUT2D eigenvalue weighted by Crippen LogP contribution is -2.25. The SMILES string of the molecule is NC(Cc1cccc(Cl)c1)CC1CCCC1. The maximum Gasteiger partial charge on any atom is 0.0408 e. The quantitative estimate of drug-likeness (QED) is 0.847. The molecule has 1 aromatic carbocycles. The predicted octanol–water partition coefficient (Wildman–Crippen LogP) is 3.79. The molecule has 1 atom stereocenters. The van der Waals surface area contributed by atoms with Gasteiger partial charge in [-0.2, -0.15) is 0 Å². The van der Waals surface area contributed by atoms with E-state index >= 15 is 0 Å². The fraction of sp³-hybridized carbons (Fsp3) is 0.571. The molecule has 1 unspecified atom stereocenters. The van der Waals surface area contributed by atoms with E-state index < -0.39 is 0 Å². The van der Waals surface area contributed by atoms with Crippen molar-refractivity contribution >= 4 is 11.6 Å². The van der Waals surface area contributed by atoms with Crippen LogP contribution in [-0.4, -0.2) is 6.04 Å². The Balaban J connectivity index is 1.84.